The third-order valence-corrected chi connectivity index (χ3v) is 8.23. The maximum atomic E-state index is 13.1. The standard InChI is InChI=1S/C19H24FN3O4S/c20-15-3-5-16(6-4-15)28(26,27)22-11-9-21(10-12-22)14-23-17(24)13-19(18(23)25)7-1-2-8-19/h3-6H,1-2,7-14H2/p+1. The van der Waals surface area contributed by atoms with Crippen LogP contribution in [0.3, 0.4) is 0 Å². The Balaban J connectivity index is 1.37. The van der Waals surface area contributed by atoms with Gasteiger partial charge in [0, 0.05) is 6.42 Å². The predicted octanol–water partition coefficient (Wildman–Crippen LogP) is -0.00830. The lowest BCUT2D eigenvalue weighted by Gasteiger charge is -2.33. The molecule has 152 valence electrons. The van der Waals surface area contributed by atoms with E-state index in [1.807, 2.05) is 0 Å². The van der Waals surface area contributed by atoms with Crippen molar-refractivity contribution in [1.29, 1.82) is 0 Å². The number of likely N-dealkylation sites (tertiary alicyclic amines) is 1. The highest BCUT2D eigenvalue weighted by Gasteiger charge is 2.53. The van der Waals surface area contributed by atoms with Crippen molar-refractivity contribution in [2.24, 2.45) is 5.41 Å². The lowest BCUT2D eigenvalue weighted by atomic mass is 9.85. The van der Waals surface area contributed by atoms with E-state index >= 15 is 0 Å². The number of sulfonamides is 1. The molecule has 0 bridgehead atoms. The van der Waals surface area contributed by atoms with E-state index < -0.39 is 21.3 Å². The second-order valence-electron chi connectivity index (χ2n) is 8.06. The average Bonchev–Trinajstić information content (AvgIpc) is 3.23. The number of rotatable bonds is 4. The van der Waals surface area contributed by atoms with Crippen LogP contribution in [0, 0.1) is 11.2 Å². The van der Waals surface area contributed by atoms with Crippen LogP contribution in [0.1, 0.15) is 32.1 Å². The smallest absolute Gasteiger partial charge is 0.243 e. The molecule has 0 atom stereocenters. The van der Waals surface area contributed by atoms with Gasteiger partial charge in [-0.2, -0.15) is 4.31 Å². The highest BCUT2D eigenvalue weighted by atomic mass is 32.2. The molecule has 2 amide bonds. The summed E-state index contributed by atoms with van der Waals surface area (Å²) in [6.07, 6.45) is 3.92. The second kappa shape index (κ2) is 7.20. The van der Waals surface area contributed by atoms with Gasteiger partial charge >= 0.3 is 0 Å². The molecule has 1 N–H and O–H groups in total. The minimum absolute atomic E-state index is 0.0381. The van der Waals surface area contributed by atoms with E-state index in [9.17, 15) is 22.4 Å². The maximum absolute atomic E-state index is 13.1. The van der Waals surface area contributed by atoms with E-state index in [2.05, 4.69) is 0 Å². The number of carbonyl (C=O) groups excluding carboxylic acids is 2. The molecule has 1 aromatic carbocycles. The zero-order chi connectivity index (χ0) is 19.9. The number of hydrogen-bond acceptors (Lipinski definition) is 4. The van der Waals surface area contributed by atoms with Crippen molar-refractivity contribution >= 4 is 21.8 Å². The van der Waals surface area contributed by atoms with Gasteiger partial charge in [-0.1, -0.05) is 12.8 Å². The highest BCUT2D eigenvalue weighted by Crippen LogP contribution is 2.46. The summed E-state index contributed by atoms with van der Waals surface area (Å²) >= 11 is 0. The minimum atomic E-state index is -3.66. The molecule has 28 heavy (non-hydrogen) atoms. The molecule has 3 aliphatic rings. The number of carbonyl (C=O) groups is 2. The lowest BCUT2D eigenvalue weighted by molar-refractivity contribution is -0.910. The molecule has 0 unspecified atom stereocenters. The topological polar surface area (TPSA) is 79.2 Å². The summed E-state index contributed by atoms with van der Waals surface area (Å²) in [4.78, 5) is 27.7. The van der Waals surface area contributed by atoms with E-state index in [0.29, 0.717) is 39.3 Å². The van der Waals surface area contributed by atoms with Gasteiger partial charge in [0.1, 0.15) is 5.82 Å². The van der Waals surface area contributed by atoms with Gasteiger partial charge in [-0.25, -0.2) is 17.7 Å². The summed E-state index contributed by atoms with van der Waals surface area (Å²) in [6, 6.07) is 4.81. The summed E-state index contributed by atoms with van der Waals surface area (Å²) < 4.78 is 39.8. The molecule has 1 spiro atoms. The molecule has 3 fully saturated rings. The van der Waals surface area contributed by atoms with Crippen LogP contribution in [0.2, 0.25) is 0 Å². The first-order valence-corrected chi connectivity index (χ1v) is 11.2. The van der Waals surface area contributed by atoms with E-state index in [4.69, 9.17) is 0 Å². The zero-order valence-electron chi connectivity index (χ0n) is 15.7. The van der Waals surface area contributed by atoms with Gasteiger partial charge in [-0.3, -0.25) is 9.59 Å². The van der Waals surface area contributed by atoms with Crippen molar-refractivity contribution in [2.45, 2.75) is 37.0 Å². The minimum Gasteiger partial charge on any atom is -0.315 e. The number of benzene rings is 1. The summed E-state index contributed by atoms with van der Waals surface area (Å²) in [7, 11) is -3.66. The fourth-order valence-electron chi connectivity index (χ4n) is 4.64. The fourth-order valence-corrected chi connectivity index (χ4v) is 6.08. The molecule has 2 saturated heterocycles. The van der Waals surface area contributed by atoms with Crippen molar-refractivity contribution in [3.05, 3.63) is 30.1 Å². The van der Waals surface area contributed by atoms with Crippen molar-refractivity contribution in [1.82, 2.24) is 9.21 Å². The third-order valence-electron chi connectivity index (χ3n) is 6.31. The van der Waals surface area contributed by atoms with Crippen LogP contribution in [-0.4, -0.2) is 62.3 Å². The first-order valence-electron chi connectivity index (χ1n) is 9.76. The largest absolute Gasteiger partial charge is 0.315 e. The van der Waals surface area contributed by atoms with E-state index in [-0.39, 0.29) is 16.7 Å². The maximum Gasteiger partial charge on any atom is 0.243 e. The predicted molar refractivity (Wildman–Crippen MR) is 98.1 cm³/mol. The van der Waals surface area contributed by atoms with Gasteiger partial charge in [-0.15, -0.1) is 0 Å². The normalized spacial score (nSPS) is 23.8. The lowest BCUT2D eigenvalue weighted by Crippen LogP contribution is -3.16. The van der Waals surface area contributed by atoms with Gasteiger partial charge in [0.15, 0.2) is 6.67 Å². The van der Waals surface area contributed by atoms with E-state index in [1.165, 1.54) is 21.3 Å². The Morgan fingerprint density at radius 1 is 1.04 bits per heavy atom. The summed E-state index contributed by atoms with van der Waals surface area (Å²) in [5.41, 5.74) is -0.468. The van der Waals surface area contributed by atoms with Crippen LogP contribution in [0.4, 0.5) is 4.39 Å². The zero-order valence-corrected chi connectivity index (χ0v) is 16.5. The van der Waals surface area contributed by atoms with Crippen molar-refractivity contribution in [3.63, 3.8) is 0 Å². The number of quaternary nitrogens is 1. The Labute approximate surface area is 164 Å². The molecule has 0 radical (unpaired) electrons. The van der Waals surface area contributed by atoms with Gasteiger partial charge in [0.05, 0.1) is 36.5 Å². The highest BCUT2D eigenvalue weighted by molar-refractivity contribution is 7.89. The molecule has 9 heteroatoms. The van der Waals surface area contributed by atoms with Gasteiger partial charge in [-0.05, 0) is 37.1 Å². The van der Waals surface area contributed by atoms with Crippen LogP contribution in [0.5, 0.6) is 0 Å². The Hall–Kier alpha value is -1.84. The van der Waals surface area contributed by atoms with Gasteiger partial charge in [0.2, 0.25) is 21.8 Å². The van der Waals surface area contributed by atoms with Crippen molar-refractivity contribution < 1.29 is 27.3 Å². The second-order valence-corrected chi connectivity index (χ2v) is 10.00. The van der Waals surface area contributed by atoms with Crippen LogP contribution >= 0.6 is 0 Å². The number of hydrogen-bond donors (Lipinski definition) is 1. The molecular formula is C19H25FN3O4S+. The molecule has 2 aliphatic heterocycles. The average molecular weight is 410 g/mol. The van der Waals surface area contributed by atoms with Gasteiger partial charge < -0.3 is 4.90 Å². The summed E-state index contributed by atoms with van der Waals surface area (Å²) in [5, 5.41) is 0. The van der Waals surface area contributed by atoms with Gasteiger partial charge in [0.25, 0.3) is 0 Å². The number of amides is 2. The van der Waals surface area contributed by atoms with Crippen LogP contribution < -0.4 is 4.90 Å². The Morgan fingerprint density at radius 3 is 2.25 bits per heavy atom. The van der Waals surface area contributed by atoms with Crippen LogP contribution in [0.15, 0.2) is 29.2 Å². The number of nitrogens with one attached hydrogen (secondary N) is 1. The Kier molecular flexibility index (Phi) is 5.01. The molecule has 7 nitrogen and oxygen atoms in total. The number of halogens is 1. The monoisotopic (exact) mass is 410 g/mol. The number of nitrogens with zero attached hydrogens (tertiary/aromatic N) is 2. The summed E-state index contributed by atoms with van der Waals surface area (Å²) in [6.45, 7) is 1.95. The molecular weight excluding hydrogens is 385 g/mol. The molecule has 0 aromatic heterocycles. The van der Waals surface area contributed by atoms with E-state index in [0.717, 1.165) is 42.7 Å². The molecule has 1 aromatic rings. The first kappa shape index (κ1) is 19.5. The molecule has 1 saturated carbocycles. The molecule has 2 heterocycles. The molecule has 1 aliphatic carbocycles. The SMILES string of the molecule is O=C1CC2(CCCC2)C(=O)N1C[NH+]1CCN(S(=O)(=O)c2ccc(F)cc2)CC1. The fraction of sp³-hybridized carbons (Fsp3) is 0.579. The quantitative estimate of drug-likeness (QED) is 0.709. The summed E-state index contributed by atoms with van der Waals surface area (Å²) in [5.74, 6) is -0.613. The number of piperazine rings is 1. The van der Waals surface area contributed by atoms with E-state index in [1.54, 1.807) is 0 Å². The Bertz CT molecular complexity index is 873. The van der Waals surface area contributed by atoms with Crippen molar-refractivity contribution in [2.75, 3.05) is 32.8 Å². The van der Waals surface area contributed by atoms with Crippen LogP contribution in [-0.2, 0) is 19.6 Å². The third kappa shape index (κ3) is 3.35. The van der Waals surface area contributed by atoms with Crippen molar-refractivity contribution in [3.8, 4) is 0 Å². The Morgan fingerprint density at radius 2 is 1.64 bits per heavy atom. The number of imide groups is 1. The van der Waals surface area contributed by atoms with Crippen LogP contribution in [0.25, 0.3) is 0 Å². The first-order chi connectivity index (χ1) is 13.3. The molecule has 4 rings (SSSR count).